The molecule has 0 aromatic carbocycles. The van der Waals surface area contributed by atoms with E-state index in [0.29, 0.717) is 0 Å². The Labute approximate surface area is 84.8 Å². The third-order valence-electron chi connectivity index (χ3n) is 2.48. The number of nitrogens with zero attached hydrogens (tertiary/aromatic N) is 1. The lowest BCUT2D eigenvalue weighted by Crippen LogP contribution is -2.49. The molecule has 0 aromatic heterocycles. The van der Waals surface area contributed by atoms with Gasteiger partial charge in [0.25, 0.3) is 0 Å². The van der Waals surface area contributed by atoms with Crippen LogP contribution < -0.4 is 5.73 Å². The topological polar surface area (TPSA) is 66.6 Å². The van der Waals surface area contributed by atoms with Crippen molar-refractivity contribution in [2.24, 2.45) is 5.73 Å². The highest BCUT2D eigenvalue weighted by Crippen LogP contribution is 2.37. The third kappa shape index (κ3) is 2.23. The van der Waals surface area contributed by atoms with Gasteiger partial charge in [0, 0.05) is 13.0 Å². The average Bonchev–Trinajstić information content (AvgIpc) is 2.46. The Kier molecular flexibility index (Phi) is 2.97. The first kappa shape index (κ1) is 12.3. The lowest BCUT2D eigenvalue weighted by molar-refractivity contribution is -0.253. The Morgan fingerprint density at radius 2 is 2.13 bits per heavy atom. The summed E-state index contributed by atoms with van der Waals surface area (Å²) in [7, 11) is 0. The molecule has 2 atom stereocenters. The van der Waals surface area contributed by atoms with Crippen molar-refractivity contribution < 1.29 is 23.1 Å². The van der Waals surface area contributed by atoms with Crippen LogP contribution in [0.4, 0.5) is 13.2 Å². The molecular formula is C8H13F3N2O2. The Morgan fingerprint density at radius 3 is 2.47 bits per heavy atom. The molecule has 1 amide bonds. The molecule has 1 heterocycles. The van der Waals surface area contributed by atoms with Crippen LogP contribution in [0, 0.1) is 0 Å². The molecule has 0 spiro atoms. The second-order valence-electron chi connectivity index (χ2n) is 3.83. The molecule has 0 aliphatic carbocycles. The summed E-state index contributed by atoms with van der Waals surface area (Å²) in [6, 6.07) is -0.847. The maximum Gasteiger partial charge on any atom is 0.419 e. The number of aliphatic hydroxyl groups is 1. The van der Waals surface area contributed by atoms with Crippen molar-refractivity contribution in [1.82, 2.24) is 4.90 Å². The van der Waals surface area contributed by atoms with E-state index >= 15 is 0 Å². The first-order valence-corrected chi connectivity index (χ1v) is 4.51. The number of hydrogen-bond acceptors (Lipinski definition) is 3. The molecule has 0 aromatic rings. The Morgan fingerprint density at radius 1 is 1.60 bits per heavy atom. The number of halogens is 3. The van der Waals surface area contributed by atoms with E-state index in [1.165, 1.54) is 6.92 Å². The lowest BCUT2D eigenvalue weighted by Gasteiger charge is -2.26. The summed E-state index contributed by atoms with van der Waals surface area (Å²) >= 11 is 0. The molecule has 1 aliphatic heterocycles. The van der Waals surface area contributed by atoms with E-state index in [2.05, 4.69) is 0 Å². The molecular weight excluding hydrogens is 213 g/mol. The summed E-state index contributed by atoms with van der Waals surface area (Å²) in [6.07, 6.45) is -5.20. The van der Waals surface area contributed by atoms with Crippen LogP contribution in [0.15, 0.2) is 0 Å². The minimum Gasteiger partial charge on any atom is -0.379 e. The number of carbonyl (C=O) groups is 1. The predicted octanol–water partition coefficient (Wildman–Crippen LogP) is -0.141. The Balaban J connectivity index is 2.71. The van der Waals surface area contributed by atoms with Gasteiger partial charge in [-0.15, -0.1) is 0 Å². The summed E-state index contributed by atoms with van der Waals surface area (Å²) in [6.45, 7) is 0.556. The van der Waals surface area contributed by atoms with Crippen LogP contribution in [0.3, 0.4) is 0 Å². The van der Waals surface area contributed by atoms with E-state index < -0.39 is 36.7 Å². The summed E-state index contributed by atoms with van der Waals surface area (Å²) in [5, 5.41) is 9.27. The number of alkyl halides is 3. The van der Waals surface area contributed by atoms with Crippen molar-refractivity contribution >= 4 is 5.91 Å². The van der Waals surface area contributed by atoms with E-state index in [4.69, 9.17) is 5.73 Å². The van der Waals surface area contributed by atoms with Gasteiger partial charge in [0.2, 0.25) is 5.91 Å². The van der Waals surface area contributed by atoms with Gasteiger partial charge in [-0.25, -0.2) is 0 Å². The predicted molar refractivity (Wildman–Crippen MR) is 45.9 cm³/mol. The lowest BCUT2D eigenvalue weighted by atomic mass is 10.0. The van der Waals surface area contributed by atoms with Crippen LogP contribution in [-0.4, -0.2) is 46.8 Å². The highest BCUT2D eigenvalue weighted by Gasteiger charge is 2.57. The molecule has 0 bridgehead atoms. The standard InChI is InChI=1S/C8H13F3N2O2/c1-5(12)6(14)13-3-2-7(15,4-13)8(9,10)11/h5,15H,2-4,12H2,1H3/t5-,7+/m1/s1. The van der Waals surface area contributed by atoms with Gasteiger partial charge in [-0.3, -0.25) is 4.79 Å². The number of likely N-dealkylation sites (tertiary alicyclic amines) is 1. The number of rotatable bonds is 1. The zero-order chi connectivity index (χ0) is 11.9. The highest BCUT2D eigenvalue weighted by atomic mass is 19.4. The largest absolute Gasteiger partial charge is 0.419 e. The molecule has 0 saturated carbocycles. The van der Waals surface area contributed by atoms with Gasteiger partial charge in [-0.05, 0) is 6.92 Å². The quantitative estimate of drug-likeness (QED) is 0.654. The van der Waals surface area contributed by atoms with E-state index in [1.54, 1.807) is 0 Å². The average molecular weight is 226 g/mol. The molecule has 0 radical (unpaired) electrons. The number of β-amino-alcohol motifs (C(OH)–C–C–N with tert-alkyl or cyclic N) is 1. The fourth-order valence-corrected chi connectivity index (χ4v) is 1.50. The molecule has 1 saturated heterocycles. The molecule has 1 aliphatic rings. The first-order valence-electron chi connectivity index (χ1n) is 4.51. The second kappa shape index (κ2) is 3.64. The van der Waals surface area contributed by atoms with Crippen LogP contribution in [0.2, 0.25) is 0 Å². The van der Waals surface area contributed by atoms with Crippen molar-refractivity contribution in [1.29, 1.82) is 0 Å². The maximum absolute atomic E-state index is 12.4. The van der Waals surface area contributed by atoms with Gasteiger partial charge in [0.15, 0.2) is 5.60 Å². The zero-order valence-corrected chi connectivity index (χ0v) is 8.21. The number of carbonyl (C=O) groups excluding carboxylic acids is 1. The number of amides is 1. The van der Waals surface area contributed by atoms with Crippen molar-refractivity contribution in [3.8, 4) is 0 Å². The zero-order valence-electron chi connectivity index (χ0n) is 8.21. The third-order valence-corrected chi connectivity index (χ3v) is 2.48. The van der Waals surface area contributed by atoms with E-state index in [1.807, 2.05) is 0 Å². The monoisotopic (exact) mass is 226 g/mol. The SMILES string of the molecule is C[C@@H](N)C(=O)N1CC[C@@](O)(C(F)(F)F)C1. The molecule has 7 heteroatoms. The summed E-state index contributed by atoms with van der Waals surface area (Å²) < 4.78 is 37.1. The molecule has 1 rings (SSSR count). The summed E-state index contributed by atoms with van der Waals surface area (Å²) in [4.78, 5) is 12.2. The first-order chi connectivity index (χ1) is 6.67. The van der Waals surface area contributed by atoms with Gasteiger partial charge < -0.3 is 15.7 Å². The van der Waals surface area contributed by atoms with Crippen molar-refractivity contribution in [3.63, 3.8) is 0 Å². The van der Waals surface area contributed by atoms with Crippen LogP contribution in [0.5, 0.6) is 0 Å². The van der Waals surface area contributed by atoms with Gasteiger partial charge in [-0.1, -0.05) is 0 Å². The molecule has 0 unspecified atom stereocenters. The van der Waals surface area contributed by atoms with E-state index in [0.717, 1.165) is 4.90 Å². The Hall–Kier alpha value is -0.820. The maximum atomic E-state index is 12.4. The van der Waals surface area contributed by atoms with Crippen LogP contribution >= 0.6 is 0 Å². The van der Waals surface area contributed by atoms with E-state index in [-0.39, 0.29) is 6.54 Å². The van der Waals surface area contributed by atoms with Crippen molar-refractivity contribution in [2.75, 3.05) is 13.1 Å². The fourth-order valence-electron chi connectivity index (χ4n) is 1.50. The van der Waals surface area contributed by atoms with Crippen LogP contribution in [0.1, 0.15) is 13.3 Å². The molecule has 1 fully saturated rings. The molecule has 88 valence electrons. The Bertz CT molecular complexity index is 267. The highest BCUT2D eigenvalue weighted by molar-refractivity contribution is 5.81. The molecule has 3 N–H and O–H groups in total. The molecule has 15 heavy (non-hydrogen) atoms. The van der Waals surface area contributed by atoms with Crippen molar-refractivity contribution in [2.45, 2.75) is 31.2 Å². The van der Waals surface area contributed by atoms with Gasteiger partial charge in [-0.2, -0.15) is 13.2 Å². The number of hydrogen-bond donors (Lipinski definition) is 2. The minimum absolute atomic E-state index is 0.115. The van der Waals surface area contributed by atoms with Gasteiger partial charge in [0.05, 0.1) is 12.6 Å². The summed E-state index contributed by atoms with van der Waals surface area (Å²) in [5.41, 5.74) is 2.48. The molecule has 4 nitrogen and oxygen atoms in total. The van der Waals surface area contributed by atoms with Crippen LogP contribution in [-0.2, 0) is 4.79 Å². The van der Waals surface area contributed by atoms with Gasteiger partial charge in [0.1, 0.15) is 0 Å². The van der Waals surface area contributed by atoms with Gasteiger partial charge >= 0.3 is 6.18 Å². The smallest absolute Gasteiger partial charge is 0.379 e. The fraction of sp³-hybridized carbons (Fsp3) is 0.875. The minimum atomic E-state index is -4.71. The number of nitrogens with two attached hydrogens (primary N) is 1. The second-order valence-corrected chi connectivity index (χ2v) is 3.83. The normalized spacial score (nSPS) is 29.3. The van der Waals surface area contributed by atoms with Crippen molar-refractivity contribution in [3.05, 3.63) is 0 Å². The summed E-state index contributed by atoms with van der Waals surface area (Å²) in [5.74, 6) is -0.574. The van der Waals surface area contributed by atoms with E-state index in [9.17, 15) is 23.1 Å². The van der Waals surface area contributed by atoms with Crippen LogP contribution in [0.25, 0.3) is 0 Å².